The van der Waals surface area contributed by atoms with Gasteiger partial charge in [-0.3, -0.25) is 0 Å². The number of benzene rings is 3. The summed E-state index contributed by atoms with van der Waals surface area (Å²) in [5.74, 6) is 0.325. The van der Waals surface area contributed by atoms with Gasteiger partial charge in [-0.2, -0.15) is 4.57 Å². The minimum Gasteiger partial charge on any atom is -0.748 e. The van der Waals surface area contributed by atoms with Crippen LogP contribution in [0.2, 0.25) is 5.02 Å². The van der Waals surface area contributed by atoms with E-state index in [-0.39, 0.29) is 25.9 Å². The molecule has 0 unspecified atom stereocenters. The highest BCUT2D eigenvalue weighted by Gasteiger charge is 2.27. The fourth-order valence-electron chi connectivity index (χ4n) is 4.89. The lowest BCUT2D eigenvalue weighted by atomic mass is 10.1. The highest BCUT2D eigenvalue weighted by molar-refractivity contribution is 7.85. The van der Waals surface area contributed by atoms with E-state index in [9.17, 15) is 25.9 Å². The van der Waals surface area contributed by atoms with Crippen molar-refractivity contribution >= 4 is 54.7 Å². The van der Waals surface area contributed by atoms with Gasteiger partial charge in [0.2, 0.25) is 11.5 Å². The first-order chi connectivity index (χ1) is 20.4. The normalized spacial score (nSPS) is 14.8. The number of ether oxygens (including phenoxy) is 1. The molecule has 0 fully saturated rings. The summed E-state index contributed by atoms with van der Waals surface area (Å²) in [7, 11) is -8.78. The fraction of sp³-hybridized carbons (Fsp3) is 0.233. The Kier molecular flexibility index (Phi) is 8.95. The quantitative estimate of drug-likeness (QED) is 0.162. The number of oxazole rings is 1. The van der Waals surface area contributed by atoms with Crippen LogP contribution in [0.3, 0.4) is 0 Å². The van der Waals surface area contributed by atoms with Gasteiger partial charge in [0.1, 0.15) is 0 Å². The van der Waals surface area contributed by atoms with Gasteiger partial charge in [0.25, 0.3) is 5.52 Å². The van der Waals surface area contributed by atoms with Crippen molar-refractivity contribution in [3.05, 3.63) is 95.2 Å². The van der Waals surface area contributed by atoms with E-state index >= 15 is 0 Å². The average Bonchev–Trinajstić information content (AvgIpc) is 3.44. The average molecular weight is 644 g/mol. The predicted molar refractivity (Wildman–Crippen MR) is 161 cm³/mol. The molecule has 0 radical (unpaired) electrons. The van der Waals surface area contributed by atoms with Crippen LogP contribution in [0.4, 0.5) is 5.69 Å². The van der Waals surface area contributed by atoms with Crippen molar-refractivity contribution in [3.63, 3.8) is 0 Å². The SMILES string of the molecule is CC(=Cc1oc2ccc(-c3ccccc3)cc2[n+]1CCCS(=O)(=O)[O-])C=C1Oc2ccc(Cl)cc2N1CCCS(=O)(=O)[O-]. The Labute approximate surface area is 255 Å². The van der Waals surface area contributed by atoms with Crippen molar-refractivity contribution in [3.8, 4) is 16.9 Å². The van der Waals surface area contributed by atoms with Crippen LogP contribution in [-0.4, -0.2) is 44.0 Å². The van der Waals surface area contributed by atoms with Crippen molar-refractivity contribution in [2.24, 2.45) is 0 Å². The third-order valence-corrected chi connectivity index (χ3v) is 8.60. The van der Waals surface area contributed by atoms with E-state index in [0.717, 1.165) is 16.6 Å². The second kappa shape index (κ2) is 12.5. The number of halogens is 1. The van der Waals surface area contributed by atoms with Crippen molar-refractivity contribution in [1.82, 2.24) is 0 Å². The Hall–Kier alpha value is -3.68. The molecular weight excluding hydrogens is 616 g/mol. The van der Waals surface area contributed by atoms with Crippen LogP contribution in [0, 0.1) is 0 Å². The molecular formula is C30H28ClN2O8S2-. The highest BCUT2D eigenvalue weighted by Crippen LogP contribution is 2.41. The van der Waals surface area contributed by atoms with E-state index < -0.39 is 31.7 Å². The Morgan fingerprint density at radius 2 is 1.65 bits per heavy atom. The second-order valence-electron chi connectivity index (χ2n) is 10.1. The summed E-state index contributed by atoms with van der Waals surface area (Å²) < 4.78 is 81.5. The molecule has 4 aromatic rings. The number of aromatic nitrogens is 1. The molecule has 43 heavy (non-hydrogen) atoms. The maximum absolute atomic E-state index is 11.3. The Balaban J connectivity index is 1.51. The first-order valence-electron chi connectivity index (χ1n) is 13.4. The van der Waals surface area contributed by atoms with E-state index in [2.05, 4.69) is 0 Å². The Morgan fingerprint density at radius 3 is 2.37 bits per heavy atom. The number of fused-ring (bicyclic) bond motifs is 2. The molecule has 0 atom stereocenters. The van der Waals surface area contributed by atoms with Gasteiger partial charge in [-0.05, 0) is 54.3 Å². The molecule has 0 amide bonds. The van der Waals surface area contributed by atoms with Crippen LogP contribution in [0.5, 0.6) is 5.75 Å². The molecule has 3 aromatic carbocycles. The lowest BCUT2D eigenvalue weighted by Crippen LogP contribution is -2.36. The van der Waals surface area contributed by atoms with Crippen LogP contribution in [-0.2, 0) is 26.8 Å². The third-order valence-electron chi connectivity index (χ3n) is 6.78. The van der Waals surface area contributed by atoms with Gasteiger partial charge in [0.05, 0.1) is 32.0 Å². The summed E-state index contributed by atoms with van der Waals surface area (Å²) in [5, 5.41) is 0.468. The topological polar surface area (TPSA) is 144 Å². The van der Waals surface area contributed by atoms with E-state index in [1.165, 1.54) is 0 Å². The van der Waals surface area contributed by atoms with Gasteiger partial charge in [0.15, 0.2) is 12.3 Å². The van der Waals surface area contributed by atoms with Crippen molar-refractivity contribution in [1.29, 1.82) is 0 Å². The maximum Gasteiger partial charge on any atom is 0.374 e. The molecule has 1 aliphatic rings. The van der Waals surface area contributed by atoms with Gasteiger partial charge in [-0.1, -0.05) is 48.0 Å². The summed E-state index contributed by atoms with van der Waals surface area (Å²) in [6.07, 6.45) is 3.68. The molecule has 0 N–H and O–H groups in total. The van der Waals surface area contributed by atoms with E-state index in [1.807, 2.05) is 60.0 Å². The zero-order chi connectivity index (χ0) is 30.8. The number of aryl methyl sites for hydroxylation is 1. The number of rotatable bonds is 11. The van der Waals surface area contributed by atoms with Gasteiger partial charge in [0, 0.05) is 41.6 Å². The summed E-state index contributed by atoms with van der Waals surface area (Å²) in [5.41, 5.74) is 4.59. The smallest absolute Gasteiger partial charge is 0.374 e. The zero-order valence-electron chi connectivity index (χ0n) is 23.1. The summed E-state index contributed by atoms with van der Waals surface area (Å²) in [4.78, 5) is 1.75. The third kappa shape index (κ3) is 7.84. The zero-order valence-corrected chi connectivity index (χ0v) is 25.5. The minimum atomic E-state index is -4.39. The molecule has 5 rings (SSSR count). The van der Waals surface area contributed by atoms with Crippen molar-refractivity contribution in [2.45, 2.75) is 26.3 Å². The largest absolute Gasteiger partial charge is 0.748 e. The van der Waals surface area contributed by atoms with Crippen LogP contribution in [0.15, 0.2) is 88.7 Å². The highest BCUT2D eigenvalue weighted by atomic mass is 35.5. The molecule has 2 heterocycles. The van der Waals surface area contributed by atoms with Crippen molar-refractivity contribution < 1.29 is 39.7 Å². The molecule has 10 nitrogen and oxygen atoms in total. The van der Waals surface area contributed by atoms with Crippen LogP contribution >= 0.6 is 11.6 Å². The lowest BCUT2D eigenvalue weighted by Gasteiger charge is -2.19. The predicted octanol–water partition coefficient (Wildman–Crippen LogP) is 5.06. The lowest BCUT2D eigenvalue weighted by molar-refractivity contribution is -0.677. The standard InChI is InChI=1S/C30H29ClN2O8S2/c1-21(18-30-33(14-6-16-43(37,38)39)26-20-24(31)10-12-28(26)41-30)17-29-32(13-5-15-42(34,35)36)25-19-23(9-11-27(25)40-29)22-7-3-2-4-8-22/h2-4,7-12,17-20H,5-6,13-16H2,1H3,(H-,34,35,36,37,38,39)/p-1. The van der Waals surface area contributed by atoms with Crippen LogP contribution < -0.4 is 14.2 Å². The van der Waals surface area contributed by atoms with Gasteiger partial charge >= 0.3 is 5.89 Å². The van der Waals surface area contributed by atoms with Gasteiger partial charge < -0.3 is 23.2 Å². The maximum atomic E-state index is 11.3. The number of hydrogen-bond donors (Lipinski definition) is 0. The fourth-order valence-corrected chi connectivity index (χ4v) is 6.02. The molecule has 0 spiro atoms. The van der Waals surface area contributed by atoms with E-state index in [0.29, 0.717) is 39.4 Å². The second-order valence-corrected chi connectivity index (χ2v) is 13.6. The van der Waals surface area contributed by atoms with E-state index in [1.54, 1.807) is 35.3 Å². The molecule has 226 valence electrons. The number of hydrogen-bond acceptors (Lipinski definition) is 9. The molecule has 0 saturated heterocycles. The molecule has 1 aromatic heterocycles. The van der Waals surface area contributed by atoms with Gasteiger partial charge in [-0.15, -0.1) is 0 Å². The van der Waals surface area contributed by atoms with Crippen LogP contribution in [0.1, 0.15) is 25.7 Å². The molecule has 1 aliphatic heterocycles. The van der Waals surface area contributed by atoms with E-state index in [4.69, 9.17) is 20.8 Å². The molecule has 0 saturated carbocycles. The minimum absolute atomic E-state index is 0.0805. The Morgan fingerprint density at radius 1 is 0.930 bits per heavy atom. The molecule has 13 heteroatoms. The summed E-state index contributed by atoms with van der Waals surface area (Å²) >= 11 is 6.20. The Bertz CT molecular complexity index is 1940. The van der Waals surface area contributed by atoms with Gasteiger partial charge in [-0.25, -0.2) is 16.8 Å². The number of nitrogens with zero attached hydrogens (tertiary/aromatic N) is 2. The summed E-state index contributed by atoms with van der Waals surface area (Å²) in [6, 6.07) is 20.6. The first kappa shape index (κ1) is 30.8. The van der Waals surface area contributed by atoms with Crippen molar-refractivity contribution in [2.75, 3.05) is 23.0 Å². The first-order valence-corrected chi connectivity index (χ1v) is 16.9. The molecule has 0 aliphatic carbocycles. The molecule has 0 bridgehead atoms. The summed E-state index contributed by atoms with van der Waals surface area (Å²) in [6.45, 7) is 2.24. The number of anilines is 1. The van der Waals surface area contributed by atoms with Crippen LogP contribution in [0.25, 0.3) is 28.3 Å². The number of allylic oxidation sites excluding steroid dienone is 2. The monoisotopic (exact) mass is 643 g/mol.